The molecule has 120 valence electrons. The van der Waals surface area contributed by atoms with Gasteiger partial charge in [-0.25, -0.2) is 0 Å². The molecule has 2 rings (SSSR count). The van der Waals surface area contributed by atoms with Crippen molar-refractivity contribution in [1.82, 2.24) is 0 Å². The van der Waals surface area contributed by atoms with Gasteiger partial charge in [-0.1, -0.05) is 0 Å². The fourth-order valence-electron chi connectivity index (χ4n) is 1.56. The van der Waals surface area contributed by atoms with Crippen molar-refractivity contribution in [2.45, 2.75) is 4.90 Å². The molecule has 10 nitrogen and oxygen atoms in total. The molecule has 0 bridgehead atoms. The van der Waals surface area contributed by atoms with Gasteiger partial charge in [0.05, 0.1) is 9.82 Å². The molecule has 11 heteroatoms. The number of benzene rings is 2. The summed E-state index contributed by atoms with van der Waals surface area (Å²) in [5.74, 6) is -0.837. The zero-order valence-electron chi connectivity index (χ0n) is 11.2. The van der Waals surface area contributed by atoms with E-state index >= 15 is 0 Å². The van der Waals surface area contributed by atoms with Crippen molar-refractivity contribution in [2.24, 2.45) is 10.2 Å². The van der Waals surface area contributed by atoms with Gasteiger partial charge < -0.3 is 10.2 Å². The molecule has 0 saturated heterocycles. The molecule has 2 aromatic rings. The molecule has 23 heavy (non-hydrogen) atoms. The molecule has 0 aliphatic heterocycles. The summed E-state index contributed by atoms with van der Waals surface area (Å²) in [4.78, 5) is 9.44. The van der Waals surface area contributed by atoms with Crippen LogP contribution in [-0.4, -0.2) is 28.1 Å². The first-order chi connectivity index (χ1) is 10.7. The predicted octanol–water partition coefficient (Wildman–Crippen LogP) is 2.67. The molecule has 0 amide bonds. The van der Waals surface area contributed by atoms with E-state index in [2.05, 4.69) is 10.2 Å². The normalized spacial score (nSPS) is 11.7. The smallest absolute Gasteiger partial charge is 0.294 e. The van der Waals surface area contributed by atoms with Crippen LogP contribution in [0.5, 0.6) is 11.5 Å². The van der Waals surface area contributed by atoms with Crippen molar-refractivity contribution in [2.75, 3.05) is 0 Å². The number of aromatic hydroxyl groups is 2. The Bertz CT molecular complexity index is 909. The molecule has 2 aromatic carbocycles. The highest BCUT2D eigenvalue weighted by atomic mass is 32.2. The van der Waals surface area contributed by atoms with E-state index in [0.29, 0.717) is 0 Å². The largest absolute Gasteiger partial charge is 0.506 e. The second kappa shape index (κ2) is 5.98. The first-order valence-corrected chi connectivity index (χ1v) is 7.32. The molecule has 0 heterocycles. The molecule has 0 aliphatic rings. The first-order valence-electron chi connectivity index (χ1n) is 5.88. The number of hydrogen-bond acceptors (Lipinski definition) is 8. The van der Waals surface area contributed by atoms with Crippen molar-refractivity contribution in [3.63, 3.8) is 0 Å². The van der Waals surface area contributed by atoms with Crippen LogP contribution in [0, 0.1) is 10.1 Å². The fraction of sp³-hybridized carbons (Fsp3) is 0. The minimum atomic E-state index is -4.50. The van der Waals surface area contributed by atoms with E-state index in [1.54, 1.807) is 0 Å². The lowest BCUT2D eigenvalue weighted by Crippen LogP contribution is -1.96. The van der Waals surface area contributed by atoms with E-state index < -0.39 is 31.4 Å². The third kappa shape index (κ3) is 3.78. The Morgan fingerprint density at radius 2 is 1.48 bits per heavy atom. The van der Waals surface area contributed by atoms with Crippen LogP contribution < -0.4 is 0 Å². The van der Waals surface area contributed by atoms with E-state index in [4.69, 9.17) is 4.55 Å². The maximum Gasteiger partial charge on any atom is 0.294 e. The summed E-state index contributed by atoms with van der Waals surface area (Å²) < 4.78 is 31.0. The highest BCUT2D eigenvalue weighted by molar-refractivity contribution is 7.85. The molecule has 0 atom stereocenters. The van der Waals surface area contributed by atoms with Crippen LogP contribution in [0.2, 0.25) is 0 Å². The molecule has 0 saturated carbocycles. The van der Waals surface area contributed by atoms with Crippen molar-refractivity contribution in [3.05, 3.63) is 46.5 Å². The summed E-state index contributed by atoms with van der Waals surface area (Å²) in [5.41, 5.74) is -0.908. The molecule has 3 N–H and O–H groups in total. The molecule has 0 fully saturated rings. The van der Waals surface area contributed by atoms with Gasteiger partial charge in [0, 0.05) is 12.1 Å². The number of rotatable bonds is 4. The van der Waals surface area contributed by atoms with Crippen LogP contribution >= 0.6 is 0 Å². The van der Waals surface area contributed by atoms with Gasteiger partial charge in [0.25, 0.3) is 15.8 Å². The molecule has 0 unspecified atom stereocenters. The number of nitro groups is 1. The Morgan fingerprint density at radius 1 is 0.957 bits per heavy atom. The molecule has 0 aliphatic carbocycles. The zero-order valence-corrected chi connectivity index (χ0v) is 12.0. The molecule has 0 aromatic heterocycles. The highest BCUT2D eigenvalue weighted by Crippen LogP contribution is 2.34. The number of hydrogen-bond donors (Lipinski definition) is 3. The lowest BCUT2D eigenvalue weighted by Gasteiger charge is -2.01. The Kier molecular flexibility index (Phi) is 4.24. The third-order valence-electron chi connectivity index (χ3n) is 2.68. The van der Waals surface area contributed by atoms with Gasteiger partial charge in [0.1, 0.15) is 22.9 Å². The third-order valence-corrected chi connectivity index (χ3v) is 3.53. The van der Waals surface area contributed by atoms with Gasteiger partial charge in [-0.2, -0.15) is 8.42 Å². The van der Waals surface area contributed by atoms with E-state index in [-0.39, 0.29) is 17.1 Å². The van der Waals surface area contributed by atoms with Crippen LogP contribution in [-0.2, 0) is 10.1 Å². The maximum atomic E-state index is 11.0. The summed E-state index contributed by atoms with van der Waals surface area (Å²) in [7, 11) is -4.50. The predicted molar refractivity (Wildman–Crippen MR) is 76.9 cm³/mol. The zero-order chi connectivity index (χ0) is 17.2. The van der Waals surface area contributed by atoms with Crippen LogP contribution in [0.3, 0.4) is 0 Å². The van der Waals surface area contributed by atoms with Crippen LogP contribution in [0.25, 0.3) is 0 Å². The van der Waals surface area contributed by atoms with Gasteiger partial charge in [0.15, 0.2) is 0 Å². The SMILES string of the molecule is O=[N+]([O-])c1ccc(O)c(N=Nc2cc(S(=O)(=O)O)ccc2O)c1. The number of phenols is 2. The Labute approximate surface area is 129 Å². The van der Waals surface area contributed by atoms with E-state index in [1.165, 1.54) is 0 Å². The van der Waals surface area contributed by atoms with E-state index in [1.807, 2.05) is 0 Å². The monoisotopic (exact) mass is 339 g/mol. The summed E-state index contributed by atoms with van der Waals surface area (Å²) in [6, 6.07) is 5.83. The molecule has 0 spiro atoms. The van der Waals surface area contributed by atoms with Crippen molar-refractivity contribution < 1.29 is 28.1 Å². The quantitative estimate of drug-likeness (QED) is 0.333. The second-order valence-electron chi connectivity index (χ2n) is 4.26. The standard InChI is InChI=1S/C12H9N3O7S/c16-11-3-1-7(15(18)19)5-9(11)13-14-10-6-8(23(20,21)22)2-4-12(10)17/h1-6,16-17H,(H,20,21,22). The van der Waals surface area contributed by atoms with Crippen molar-refractivity contribution in [1.29, 1.82) is 0 Å². The number of phenolic OH excluding ortho intramolecular Hbond substituents is 2. The van der Waals surface area contributed by atoms with Crippen LogP contribution in [0.15, 0.2) is 51.5 Å². The fourth-order valence-corrected chi connectivity index (χ4v) is 2.06. The van der Waals surface area contributed by atoms with Gasteiger partial charge in [0.2, 0.25) is 0 Å². The van der Waals surface area contributed by atoms with Crippen molar-refractivity contribution in [3.8, 4) is 11.5 Å². The number of nitrogens with zero attached hydrogens (tertiary/aromatic N) is 3. The lowest BCUT2D eigenvalue weighted by molar-refractivity contribution is -0.384. The maximum absolute atomic E-state index is 11.0. The van der Waals surface area contributed by atoms with Crippen LogP contribution in [0.1, 0.15) is 0 Å². The Morgan fingerprint density at radius 3 is 2.00 bits per heavy atom. The second-order valence-corrected chi connectivity index (χ2v) is 5.68. The molecule has 0 radical (unpaired) electrons. The van der Waals surface area contributed by atoms with E-state index in [9.17, 15) is 28.7 Å². The summed E-state index contributed by atoms with van der Waals surface area (Å²) >= 11 is 0. The van der Waals surface area contributed by atoms with Crippen molar-refractivity contribution >= 4 is 27.2 Å². The van der Waals surface area contributed by atoms with Crippen LogP contribution in [0.4, 0.5) is 17.1 Å². The Hall–Kier alpha value is -3.05. The molecular formula is C12H9N3O7S. The van der Waals surface area contributed by atoms with E-state index in [0.717, 1.165) is 36.4 Å². The average molecular weight is 339 g/mol. The first kappa shape index (κ1) is 16.3. The number of non-ortho nitro benzene ring substituents is 1. The Balaban J connectivity index is 2.45. The number of nitro benzene ring substituents is 1. The van der Waals surface area contributed by atoms with Gasteiger partial charge >= 0.3 is 0 Å². The number of azo groups is 1. The minimum Gasteiger partial charge on any atom is -0.506 e. The van der Waals surface area contributed by atoms with Gasteiger partial charge in [-0.05, 0) is 24.3 Å². The summed E-state index contributed by atoms with van der Waals surface area (Å²) in [5, 5.41) is 36.9. The summed E-state index contributed by atoms with van der Waals surface area (Å²) in [6.07, 6.45) is 0. The highest BCUT2D eigenvalue weighted by Gasteiger charge is 2.13. The average Bonchev–Trinajstić information content (AvgIpc) is 2.46. The summed E-state index contributed by atoms with van der Waals surface area (Å²) in [6.45, 7) is 0. The van der Waals surface area contributed by atoms with Gasteiger partial charge in [-0.3, -0.25) is 14.7 Å². The molecular weight excluding hydrogens is 330 g/mol. The lowest BCUT2D eigenvalue weighted by atomic mass is 10.2. The topological polar surface area (TPSA) is 163 Å². The minimum absolute atomic E-state index is 0.254. The van der Waals surface area contributed by atoms with Gasteiger partial charge in [-0.15, -0.1) is 10.2 Å².